The van der Waals surface area contributed by atoms with Crippen molar-refractivity contribution in [1.29, 1.82) is 0 Å². The van der Waals surface area contributed by atoms with E-state index in [1.165, 1.54) is 0 Å². The summed E-state index contributed by atoms with van der Waals surface area (Å²) < 4.78 is 0. The lowest BCUT2D eigenvalue weighted by Gasteiger charge is -2.26. The van der Waals surface area contributed by atoms with Crippen molar-refractivity contribution in [2.75, 3.05) is 13.1 Å². The number of likely N-dealkylation sites (tertiary alicyclic amines) is 1. The highest BCUT2D eigenvalue weighted by Gasteiger charge is 2.16. The zero-order chi connectivity index (χ0) is 12.7. The Hall–Kier alpha value is -1.32. The number of carbonyl (C=O) groups excluding carboxylic acids is 1. The van der Waals surface area contributed by atoms with Crippen molar-refractivity contribution in [3.8, 4) is 0 Å². The van der Waals surface area contributed by atoms with Gasteiger partial charge in [0.1, 0.15) is 0 Å². The van der Waals surface area contributed by atoms with Crippen molar-refractivity contribution in [2.24, 2.45) is 0 Å². The predicted octanol–water partition coefficient (Wildman–Crippen LogP) is 2.20. The smallest absolute Gasteiger partial charge is 0.330 e. The monoisotopic (exact) mass is 239 g/mol. The van der Waals surface area contributed by atoms with E-state index in [-0.39, 0.29) is 5.91 Å². The minimum absolute atomic E-state index is 0.272. The molecule has 0 radical (unpaired) electrons. The molecular formula is C13H21NO3. The van der Waals surface area contributed by atoms with Crippen LogP contribution < -0.4 is 0 Å². The Morgan fingerprint density at radius 3 is 2.82 bits per heavy atom. The van der Waals surface area contributed by atoms with Crippen LogP contribution in [0.3, 0.4) is 0 Å². The number of amides is 1. The van der Waals surface area contributed by atoms with Gasteiger partial charge in [-0.25, -0.2) is 4.79 Å². The van der Waals surface area contributed by atoms with Crippen LogP contribution in [-0.4, -0.2) is 35.0 Å². The molecule has 0 spiro atoms. The highest BCUT2D eigenvalue weighted by atomic mass is 16.4. The molecular weight excluding hydrogens is 218 g/mol. The van der Waals surface area contributed by atoms with Gasteiger partial charge in [0.2, 0.25) is 5.91 Å². The Morgan fingerprint density at radius 1 is 1.41 bits per heavy atom. The number of aliphatic carboxylic acids is 1. The summed E-state index contributed by atoms with van der Waals surface area (Å²) in [5, 5.41) is 8.66. The van der Waals surface area contributed by atoms with Crippen LogP contribution in [-0.2, 0) is 9.59 Å². The predicted molar refractivity (Wildman–Crippen MR) is 65.7 cm³/mol. The van der Waals surface area contributed by atoms with E-state index < -0.39 is 5.97 Å². The molecule has 0 bridgehead atoms. The van der Waals surface area contributed by atoms with Crippen LogP contribution in [0.4, 0.5) is 0 Å². The highest BCUT2D eigenvalue weighted by Crippen LogP contribution is 2.12. The molecule has 1 aliphatic heterocycles. The van der Waals surface area contributed by atoms with E-state index in [9.17, 15) is 9.59 Å². The zero-order valence-corrected chi connectivity index (χ0v) is 10.4. The Balaban J connectivity index is 2.13. The fourth-order valence-electron chi connectivity index (χ4n) is 1.95. The fourth-order valence-corrected chi connectivity index (χ4v) is 1.95. The second-order valence-electron chi connectivity index (χ2n) is 4.53. The van der Waals surface area contributed by atoms with Gasteiger partial charge in [0.25, 0.3) is 0 Å². The fraction of sp³-hybridized carbons (Fsp3) is 0.692. The average Bonchev–Trinajstić information content (AvgIpc) is 2.30. The molecule has 1 rings (SSSR count). The van der Waals surface area contributed by atoms with Crippen molar-refractivity contribution < 1.29 is 14.7 Å². The number of hydrogen-bond donors (Lipinski definition) is 1. The SMILES string of the molecule is CC(=CCCCCN1CCCCC1=O)C(=O)O. The maximum Gasteiger partial charge on any atom is 0.330 e. The van der Waals surface area contributed by atoms with Crippen molar-refractivity contribution in [2.45, 2.75) is 45.4 Å². The van der Waals surface area contributed by atoms with Gasteiger partial charge in [-0.2, -0.15) is 0 Å². The number of rotatable bonds is 6. The van der Waals surface area contributed by atoms with Crippen molar-refractivity contribution in [3.63, 3.8) is 0 Å². The molecule has 1 N–H and O–H groups in total. The quantitative estimate of drug-likeness (QED) is 0.571. The Kier molecular flexibility index (Phi) is 5.73. The summed E-state index contributed by atoms with van der Waals surface area (Å²) in [5.74, 6) is -0.579. The summed E-state index contributed by atoms with van der Waals surface area (Å²) in [5.41, 5.74) is 0.402. The summed E-state index contributed by atoms with van der Waals surface area (Å²) in [6, 6.07) is 0. The van der Waals surface area contributed by atoms with Gasteiger partial charge < -0.3 is 10.0 Å². The Morgan fingerprint density at radius 2 is 2.18 bits per heavy atom. The number of nitrogens with zero attached hydrogens (tertiary/aromatic N) is 1. The average molecular weight is 239 g/mol. The lowest BCUT2D eigenvalue weighted by molar-refractivity contribution is -0.133. The largest absolute Gasteiger partial charge is 0.478 e. The molecule has 0 aromatic heterocycles. The van der Waals surface area contributed by atoms with Crippen LogP contribution in [0.15, 0.2) is 11.6 Å². The van der Waals surface area contributed by atoms with E-state index in [2.05, 4.69) is 0 Å². The third kappa shape index (κ3) is 5.02. The van der Waals surface area contributed by atoms with E-state index in [0.717, 1.165) is 45.2 Å². The van der Waals surface area contributed by atoms with Gasteiger partial charge in [-0.3, -0.25) is 4.79 Å². The van der Waals surface area contributed by atoms with E-state index in [1.807, 2.05) is 4.90 Å². The van der Waals surface area contributed by atoms with Crippen LogP contribution in [0.2, 0.25) is 0 Å². The van der Waals surface area contributed by atoms with Crippen LogP contribution in [0, 0.1) is 0 Å². The summed E-state index contributed by atoms with van der Waals surface area (Å²) in [7, 11) is 0. The normalized spacial score (nSPS) is 17.4. The third-order valence-corrected chi connectivity index (χ3v) is 3.09. The number of carbonyl (C=O) groups is 2. The van der Waals surface area contributed by atoms with Crippen molar-refractivity contribution in [1.82, 2.24) is 4.90 Å². The van der Waals surface area contributed by atoms with E-state index in [1.54, 1.807) is 13.0 Å². The molecule has 0 aromatic carbocycles. The molecule has 0 unspecified atom stereocenters. The molecule has 1 fully saturated rings. The van der Waals surface area contributed by atoms with Gasteiger partial charge in [0, 0.05) is 25.1 Å². The molecule has 1 amide bonds. The molecule has 1 saturated heterocycles. The van der Waals surface area contributed by atoms with Crippen LogP contribution in [0.1, 0.15) is 45.4 Å². The molecule has 0 aliphatic carbocycles. The van der Waals surface area contributed by atoms with Crippen LogP contribution in [0.5, 0.6) is 0 Å². The molecule has 0 aromatic rings. The molecule has 4 heteroatoms. The summed E-state index contributed by atoms with van der Waals surface area (Å²) >= 11 is 0. The second-order valence-corrected chi connectivity index (χ2v) is 4.53. The van der Waals surface area contributed by atoms with Gasteiger partial charge in [-0.05, 0) is 39.0 Å². The van der Waals surface area contributed by atoms with Gasteiger partial charge in [-0.1, -0.05) is 6.08 Å². The Labute approximate surface area is 102 Å². The highest BCUT2D eigenvalue weighted by molar-refractivity contribution is 5.85. The molecule has 1 heterocycles. The third-order valence-electron chi connectivity index (χ3n) is 3.09. The first kappa shape index (κ1) is 13.7. The lowest BCUT2D eigenvalue weighted by Crippen LogP contribution is -2.35. The van der Waals surface area contributed by atoms with Gasteiger partial charge >= 0.3 is 5.97 Å². The van der Waals surface area contributed by atoms with E-state index >= 15 is 0 Å². The van der Waals surface area contributed by atoms with Crippen LogP contribution >= 0.6 is 0 Å². The maximum atomic E-state index is 11.5. The zero-order valence-electron chi connectivity index (χ0n) is 10.4. The standard InChI is InChI=1S/C13H21NO3/c1-11(13(16)17)7-3-2-5-9-14-10-6-4-8-12(14)15/h7H,2-6,8-10H2,1H3,(H,16,17). The minimum atomic E-state index is -0.851. The second kappa shape index (κ2) is 7.09. The Bertz CT molecular complexity index is 310. The summed E-state index contributed by atoms with van der Waals surface area (Å²) in [4.78, 5) is 24.0. The lowest BCUT2D eigenvalue weighted by atomic mass is 10.1. The molecule has 4 nitrogen and oxygen atoms in total. The van der Waals surface area contributed by atoms with Gasteiger partial charge in [0.15, 0.2) is 0 Å². The molecule has 1 aliphatic rings. The topological polar surface area (TPSA) is 57.6 Å². The number of piperidine rings is 1. The number of carboxylic acids is 1. The number of unbranched alkanes of at least 4 members (excludes halogenated alkanes) is 2. The first-order valence-electron chi connectivity index (χ1n) is 6.29. The summed E-state index contributed by atoms with van der Waals surface area (Å²) in [6.07, 6.45) is 7.25. The molecule has 96 valence electrons. The minimum Gasteiger partial charge on any atom is -0.478 e. The van der Waals surface area contributed by atoms with E-state index in [4.69, 9.17) is 5.11 Å². The summed E-state index contributed by atoms with van der Waals surface area (Å²) in [6.45, 7) is 3.32. The van der Waals surface area contributed by atoms with Gasteiger partial charge in [0.05, 0.1) is 0 Å². The first-order valence-corrected chi connectivity index (χ1v) is 6.29. The number of carboxylic acid groups (broad SMARTS) is 1. The first-order chi connectivity index (χ1) is 8.11. The van der Waals surface area contributed by atoms with Crippen molar-refractivity contribution in [3.05, 3.63) is 11.6 Å². The number of hydrogen-bond acceptors (Lipinski definition) is 2. The maximum absolute atomic E-state index is 11.5. The number of allylic oxidation sites excluding steroid dienone is 1. The van der Waals surface area contributed by atoms with E-state index in [0.29, 0.717) is 12.0 Å². The van der Waals surface area contributed by atoms with Crippen LogP contribution in [0.25, 0.3) is 0 Å². The molecule has 0 saturated carbocycles. The molecule has 17 heavy (non-hydrogen) atoms. The molecule has 0 atom stereocenters. The van der Waals surface area contributed by atoms with Crippen molar-refractivity contribution >= 4 is 11.9 Å². The van der Waals surface area contributed by atoms with Gasteiger partial charge in [-0.15, -0.1) is 0 Å².